The summed E-state index contributed by atoms with van der Waals surface area (Å²) in [5, 5.41) is 11.6. The number of aromatic nitrogens is 2. The summed E-state index contributed by atoms with van der Waals surface area (Å²) in [5.41, 5.74) is 2.33. The summed E-state index contributed by atoms with van der Waals surface area (Å²) in [6.45, 7) is 8.55. The fourth-order valence-electron chi connectivity index (χ4n) is 6.29. The van der Waals surface area contributed by atoms with Gasteiger partial charge in [0.15, 0.2) is 11.6 Å². The summed E-state index contributed by atoms with van der Waals surface area (Å²) in [6.07, 6.45) is 3.67. The first-order chi connectivity index (χ1) is 18.6. The fraction of sp³-hybridized carbons (Fsp3) is 0.621. The highest BCUT2D eigenvalue weighted by Gasteiger charge is 2.66. The minimum atomic E-state index is -0.460. The summed E-state index contributed by atoms with van der Waals surface area (Å²) in [7, 11) is 0. The molecule has 3 heterocycles. The van der Waals surface area contributed by atoms with Crippen LogP contribution in [0.15, 0.2) is 12.1 Å². The molecule has 3 atom stereocenters. The molecule has 1 saturated carbocycles. The Morgan fingerprint density at radius 3 is 2.74 bits per heavy atom. The number of carbonyl (C=O) groups excluding carboxylic acids is 4. The molecule has 1 aromatic carbocycles. The van der Waals surface area contributed by atoms with Gasteiger partial charge in [-0.2, -0.15) is 5.10 Å². The maximum atomic E-state index is 13.9. The van der Waals surface area contributed by atoms with E-state index in [1.54, 1.807) is 9.58 Å². The molecule has 2 fully saturated rings. The molecule has 2 aromatic rings. The van der Waals surface area contributed by atoms with Gasteiger partial charge in [-0.05, 0) is 57.2 Å². The first-order valence-electron chi connectivity index (χ1n) is 14.1. The lowest BCUT2D eigenvalue weighted by Gasteiger charge is -2.26. The van der Waals surface area contributed by atoms with E-state index in [4.69, 9.17) is 4.74 Å². The highest BCUT2D eigenvalue weighted by atomic mass is 16.5. The Morgan fingerprint density at radius 1 is 1.23 bits per heavy atom. The van der Waals surface area contributed by atoms with Gasteiger partial charge in [0, 0.05) is 61.5 Å². The molecule has 2 N–H and O–H groups in total. The van der Waals surface area contributed by atoms with Gasteiger partial charge in [-0.15, -0.1) is 0 Å². The average molecular weight is 538 g/mol. The van der Waals surface area contributed by atoms with E-state index in [2.05, 4.69) is 15.7 Å². The zero-order valence-electron chi connectivity index (χ0n) is 23.3. The van der Waals surface area contributed by atoms with E-state index in [9.17, 15) is 19.2 Å². The molecule has 5 rings (SSSR count). The molecular formula is C29H39N5O5. The van der Waals surface area contributed by atoms with E-state index in [0.29, 0.717) is 49.8 Å². The summed E-state index contributed by atoms with van der Waals surface area (Å²) in [6, 6.07) is 3.50. The number of piperidine rings is 1. The number of anilines is 1. The molecule has 39 heavy (non-hydrogen) atoms. The summed E-state index contributed by atoms with van der Waals surface area (Å²) in [4.78, 5) is 53.9. The molecule has 3 aliphatic rings. The smallest absolute Gasteiger partial charge is 0.245 e. The number of rotatable bonds is 5. The van der Waals surface area contributed by atoms with Crippen LogP contribution in [0.2, 0.25) is 0 Å². The van der Waals surface area contributed by atoms with Crippen LogP contribution in [-0.2, 0) is 32.2 Å². The molecule has 1 saturated heterocycles. The number of ether oxygens (including phenoxy) is 1. The number of carbonyl (C=O) groups is 4. The van der Waals surface area contributed by atoms with Crippen molar-refractivity contribution in [2.24, 2.45) is 5.41 Å². The quantitative estimate of drug-likeness (QED) is 0.562. The first-order valence-corrected chi connectivity index (χ1v) is 14.1. The van der Waals surface area contributed by atoms with Crippen LogP contribution >= 0.6 is 0 Å². The number of nitrogens with one attached hydrogen (secondary N) is 2. The SMILES string of the molecule is CCC(=O)[C@@H]1C[C@]23COCCCCC(=O)NCc4cc(NC(C)C)cc5c(C(C)=O)nn(c45)CC(=O)N1[C@@H]2C3. The van der Waals surface area contributed by atoms with Crippen molar-refractivity contribution < 1.29 is 23.9 Å². The van der Waals surface area contributed by atoms with Gasteiger partial charge in [-0.25, -0.2) is 0 Å². The van der Waals surface area contributed by atoms with Crippen molar-refractivity contribution in [1.82, 2.24) is 20.0 Å². The third-order valence-corrected chi connectivity index (χ3v) is 8.23. The number of benzene rings is 1. The molecule has 10 heteroatoms. The van der Waals surface area contributed by atoms with Crippen LogP contribution in [0, 0.1) is 5.41 Å². The van der Waals surface area contributed by atoms with E-state index in [-0.39, 0.29) is 59.7 Å². The molecule has 2 bridgehead atoms. The lowest BCUT2D eigenvalue weighted by Crippen LogP contribution is -2.44. The largest absolute Gasteiger partial charge is 0.383 e. The Morgan fingerprint density at radius 2 is 2.03 bits per heavy atom. The van der Waals surface area contributed by atoms with Crippen LogP contribution in [0.4, 0.5) is 5.69 Å². The zero-order chi connectivity index (χ0) is 27.9. The van der Waals surface area contributed by atoms with Crippen molar-refractivity contribution in [3.8, 4) is 0 Å². The number of Topliss-reactive ketones (excluding diaryl/α,β-unsaturated/α-hetero) is 2. The molecule has 1 aromatic heterocycles. The minimum absolute atomic E-state index is 0.0279. The van der Waals surface area contributed by atoms with E-state index in [0.717, 1.165) is 24.1 Å². The molecule has 1 aliphatic carbocycles. The summed E-state index contributed by atoms with van der Waals surface area (Å²) in [5.74, 6) is -0.389. The highest BCUT2D eigenvalue weighted by molar-refractivity contribution is 6.07. The number of nitrogens with zero attached hydrogens (tertiary/aromatic N) is 3. The monoisotopic (exact) mass is 537 g/mol. The minimum Gasteiger partial charge on any atom is -0.383 e. The Bertz CT molecular complexity index is 1320. The number of ketones is 2. The van der Waals surface area contributed by atoms with E-state index in [1.165, 1.54) is 6.92 Å². The van der Waals surface area contributed by atoms with Crippen LogP contribution in [-0.4, -0.2) is 69.4 Å². The predicted octanol–water partition coefficient (Wildman–Crippen LogP) is 3.21. The molecule has 2 amide bonds. The Hall–Kier alpha value is -3.27. The number of amides is 2. The van der Waals surface area contributed by atoms with Gasteiger partial charge in [0.05, 0.1) is 18.2 Å². The van der Waals surface area contributed by atoms with Gasteiger partial charge in [-0.3, -0.25) is 23.9 Å². The first kappa shape index (κ1) is 27.3. The Kier molecular flexibility index (Phi) is 7.50. The Labute approximate surface area is 228 Å². The van der Waals surface area contributed by atoms with Gasteiger partial charge < -0.3 is 20.3 Å². The molecule has 0 radical (unpaired) electrons. The van der Waals surface area contributed by atoms with Crippen molar-refractivity contribution in [1.29, 1.82) is 0 Å². The van der Waals surface area contributed by atoms with E-state index in [1.807, 2.05) is 32.9 Å². The molecule has 210 valence electrons. The molecular weight excluding hydrogens is 498 g/mol. The second-order valence-corrected chi connectivity index (χ2v) is 11.6. The van der Waals surface area contributed by atoms with E-state index >= 15 is 0 Å². The normalized spacial score (nSPS) is 25.8. The van der Waals surface area contributed by atoms with Crippen molar-refractivity contribution in [3.63, 3.8) is 0 Å². The van der Waals surface area contributed by atoms with Crippen LogP contribution < -0.4 is 10.6 Å². The number of hydrogen-bond acceptors (Lipinski definition) is 7. The predicted molar refractivity (Wildman–Crippen MR) is 146 cm³/mol. The van der Waals surface area contributed by atoms with Crippen molar-refractivity contribution in [2.45, 2.75) is 97.4 Å². The Balaban J connectivity index is 1.58. The summed E-state index contributed by atoms with van der Waals surface area (Å²) >= 11 is 0. The highest BCUT2D eigenvalue weighted by Crippen LogP contribution is 2.60. The fourth-order valence-corrected chi connectivity index (χ4v) is 6.29. The van der Waals surface area contributed by atoms with Crippen molar-refractivity contribution in [3.05, 3.63) is 23.4 Å². The van der Waals surface area contributed by atoms with E-state index < -0.39 is 6.04 Å². The lowest BCUT2D eigenvalue weighted by molar-refractivity contribution is -0.139. The summed E-state index contributed by atoms with van der Waals surface area (Å²) < 4.78 is 7.58. The maximum Gasteiger partial charge on any atom is 0.245 e. The van der Waals surface area contributed by atoms with Gasteiger partial charge in [0.2, 0.25) is 11.8 Å². The standard InChI is InChI=1S/C29H39N5O5/c1-5-23(36)22-12-29-13-24(29)34(22)26(38)15-33-28-19(14-30-25(37)8-6-7-9-39-16-29)10-20(31-17(2)3)11-21(28)27(32-33)18(4)35/h10-11,17,22,24,31H,5-9,12-16H2,1-4H3,(H,30,37)/t22-,24+,29-/m0/s1. The van der Waals surface area contributed by atoms with Crippen LogP contribution in [0.5, 0.6) is 0 Å². The van der Waals surface area contributed by atoms with Gasteiger partial charge >= 0.3 is 0 Å². The molecule has 0 spiro atoms. The van der Waals surface area contributed by atoms with Crippen molar-refractivity contribution in [2.75, 3.05) is 18.5 Å². The van der Waals surface area contributed by atoms with Gasteiger partial charge in [0.1, 0.15) is 12.2 Å². The van der Waals surface area contributed by atoms with Crippen molar-refractivity contribution >= 4 is 40.0 Å². The second kappa shape index (κ2) is 10.7. The third-order valence-electron chi connectivity index (χ3n) is 8.23. The molecule has 10 nitrogen and oxygen atoms in total. The van der Waals surface area contributed by atoms with Gasteiger partial charge in [0.25, 0.3) is 0 Å². The number of hydrogen-bond donors (Lipinski definition) is 2. The third kappa shape index (κ3) is 5.31. The lowest BCUT2D eigenvalue weighted by atomic mass is 9.97. The van der Waals surface area contributed by atoms with Crippen LogP contribution in [0.25, 0.3) is 10.9 Å². The average Bonchev–Trinajstić information content (AvgIpc) is 3.29. The molecule has 2 aliphatic heterocycles. The topological polar surface area (TPSA) is 123 Å². The molecule has 0 unspecified atom stereocenters. The van der Waals surface area contributed by atoms with Crippen LogP contribution in [0.1, 0.15) is 82.3 Å². The maximum absolute atomic E-state index is 13.9. The van der Waals surface area contributed by atoms with Crippen LogP contribution in [0.3, 0.4) is 0 Å². The second-order valence-electron chi connectivity index (χ2n) is 11.6. The zero-order valence-corrected chi connectivity index (χ0v) is 23.3. The van der Waals surface area contributed by atoms with Gasteiger partial charge in [-0.1, -0.05) is 6.92 Å².